The van der Waals surface area contributed by atoms with E-state index < -0.39 is 21.2 Å². The maximum absolute atomic E-state index is 12.1. The molecule has 5 nitrogen and oxygen atoms in total. The monoisotopic (exact) mass is 303 g/mol. The smallest absolute Gasteiger partial charge is 0.335 e. The van der Waals surface area contributed by atoms with E-state index >= 15 is 0 Å². The Morgan fingerprint density at radius 2 is 1.89 bits per heavy atom. The Bertz CT molecular complexity index is 594. The summed E-state index contributed by atoms with van der Waals surface area (Å²) >= 11 is 5.78. The van der Waals surface area contributed by atoms with Gasteiger partial charge in [0.25, 0.3) is 0 Å². The van der Waals surface area contributed by atoms with E-state index in [4.69, 9.17) is 16.7 Å². The van der Waals surface area contributed by atoms with Crippen molar-refractivity contribution in [3.8, 4) is 0 Å². The summed E-state index contributed by atoms with van der Waals surface area (Å²) in [6, 6.07) is 3.94. The summed E-state index contributed by atoms with van der Waals surface area (Å²) in [6.45, 7) is 0. The van der Waals surface area contributed by atoms with Gasteiger partial charge in [0.05, 0.1) is 16.5 Å². The van der Waals surface area contributed by atoms with Crippen LogP contribution in [0.3, 0.4) is 0 Å². The summed E-state index contributed by atoms with van der Waals surface area (Å²) in [7, 11) is -3.47. The van der Waals surface area contributed by atoms with Gasteiger partial charge in [-0.3, -0.25) is 4.72 Å². The molecule has 0 unspecified atom stereocenters. The number of halogens is 1. The molecular formula is C12H14ClNO4S. The van der Waals surface area contributed by atoms with Gasteiger partial charge in [0, 0.05) is 5.02 Å². The Kier molecular flexibility index (Phi) is 4.01. The number of nitrogens with one attached hydrogen (secondary N) is 1. The lowest BCUT2D eigenvalue weighted by molar-refractivity contribution is 0.0697. The maximum atomic E-state index is 12.1. The van der Waals surface area contributed by atoms with Gasteiger partial charge in [-0.25, -0.2) is 13.2 Å². The molecule has 0 atom stereocenters. The van der Waals surface area contributed by atoms with E-state index in [0.29, 0.717) is 12.8 Å². The van der Waals surface area contributed by atoms with E-state index in [1.54, 1.807) is 0 Å². The third-order valence-corrected chi connectivity index (χ3v) is 5.23. The molecule has 0 saturated heterocycles. The fourth-order valence-corrected chi connectivity index (χ4v) is 4.02. The van der Waals surface area contributed by atoms with E-state index in [9.17, 15) is 13.2 Å². The number of rotatable bonds is 4. The van der Waals surface area contributed by atoms with Crippen LogP contribution >= 0.6 is 11.6 Å². The first-order valence-corrected chi connectivity index (χ1v) is 7.86. The van der Waals surface area contributed by atoms with Gasteiger partial charge in [-0.2, -0.15) is 0 Å². The molecule has 1 aliphatic rings. The number of anilines is 1. The molecule has 1 fully saturated rings. The van der Waals surface area contributed by atoms with Crippen LogP contribution in [0.5, 0.6) is 0 Å². The fourth-order valence-electron chi connectivity index (χ4n) is 2.22. The van der Waals surface area contributed by atoms with Gasteiger partial charge < -0.3 is 5.11 Å². The largest absolute Gasteiger partial charge is 0.478 e. The average molecular weight is 304 g/mol. The number of carbonyl (C=O) groups is 1. The van der Waals surface area contributed by atoms with Crippen molar-refractivity contribution in [2.45, 2.75) is 30.9 Å². The minimum absolute atomic E-state index is 0.0448. The average Bonchev–Trinajstić information content (AvgIpc) is 2.81. The lowest BCUT2D eigenvalue weighted by atomic mass is 10.2. The standard InChI is InChI=1S/C12H14ClNO4S/c13-9-5-8(12(15)16)6-10(7-9)14-19(17,18)11-3-1-2-4-11/h5-7,11,14H,1-4H2,(H,15,16). The molecule has 0 aromatic heterocycles. The number of hydrogen-bond acceptors (Lipinski definition) is 3. The Labute approximate surface area is 116 Å². The summed E-state index contributed by atoms with van der Waals surface area (Å²) < 4.78 is 26.6. The first kappa shape index (κ1) is 14.1. The number of benzene rings is 1. The first-order valence-electron chi connectivity index (χ1n) is 5.94. The van der Waals surface area contributed by atoms with Crippen LogP contribution in [-0.4, -0.2) is 24.7 Å². The van der Waals surface area contributed by atoms with Crippen molar-refractivity contribution in [3.05, 3.63) is 28.8 Å². The number of aromatic carboxylic acids is 1. The van der Waals surface area contributed by atoms with Crippen LogP contribution in [0.1, 0.15) is 36.0 Å². The Morgan fingerprint density at radius 3 is 2.47 bits per heavy atom. The lowest BCUT2D eigenvalue weighted by Gasteiger charge is -2.14. The van der Waals surface area contributed by atoms with Crippen LogP contribution in [0, 0.1) is 0 Å². The predicted octanol–water partition coefficient (Wildman–Crippen LogP) is 2.72. The molecule has 0 bridgehead atoms. The zero-order valence-electron chi connectivity index (χ0n) is 10.1. The minimum Gasteiger partial charge on any atom is -0.478 e. The highest BCUT2D eigenvalue weighted by Crippen LogP contribution is 2.27. The molecule has 0 aliphatic heterocycles. The molecule has 1 saturated carbocycles. The third kappa shape index (κ3) is 3.39. The quantitative estimate of drug-likeness (QED) is 0.896. The predicted molar refractivity (Wildman–Crippen MR) is 73.2 cm³/mol. The molecule has 0 amide bonds. The van der Waals surface area contributed by atoms with E-state index in [-0.39, 0.29) is 16.3 Å². The SMILES string of the molecule is O=C(O)c1cc(Cl)cc(NS(=O)(=O)C2CCCC2)c1. The molecule has 0 radical (unpaired) electrons. The number of carboxylic acid groups (broad SMARTS) is 1. The second kappa shape index (κ2) is 5.38. The van der Waals surface area contributed by atoms with Gasteiger partial charge in [-0.1, -0.05) is 24.4 Å². The van der Waals surface area contributed by atoms with E-state index in [0.717, 1.165) is 12.8 Å². The molecular weight excluding hydrogens is 290 g/mol. The van der Waals surface area contributed by atoms with Crippen molar-refractivity contribution < 1.29 is 18.3 Å². The van der Waals surface area contributed by atoms with Crippen LogP contribution in [0.25, 0.3) is 0 Å². The van der Waals surface area contributed by atoms with Crippen LogP contribution in [0.2, 0.25) is 5.02 Å². The topological polar surface area (TPSA) is 83.5 Å². The number of carboxylic acids is 1. The van der Waals surface area contributed by atoms with Crippen LogP contribution in [-0.2, 0) is 10.0 Å². The van der Waals surface area contributed by atoms with Crippen molar-refractivity contribution in [1.29, 1.82) is 0 Å². The molecule has 0 spiro atoms. The summed E-state index contributed by atoms with van der Waals surface area (Å²) in [5, 5.41) is 8.69. The van der Waals surface area contributed by atoms with E-state index in [1.807, 2.05) is 0 Å². The van der Waals surface area contributed by atoms with Crippen molar-refractivity contribution in [3.63, 3.8) is 0 Å². The van der Waals surface area contributed by atoms with Crippen molar-refractivity contribution in [2.75, 3.05) is 4.72 Å². The molecule has 2 rings (SSSR count). The van der Waals surface area contributed by atoms with Crippen LogP contribution in [0.4, 0.5) is 5.69 Å². The van der Waals surface area contributed by atoms with Gasteiger partial charge in [-0.15, -0.1) is 0 Å². The maximum Gasteiger partial charge on any atom is 0.335 e. The zero-order valence-corrected chi connectivity index (χ0v) is 11.7. The summed E-state index contributed by atoms with van der Waals surface area (Å²) in [5.41, 5.74) is 0.147. The van der Waals surface area contributed by atoms with Gasteiger partial charge >= 0.3 is 5.97 Å². The van der Waals surface area contributed by atoms with Gasteiger partial charge in [0.15, 0.2) is 0 Å². The third-order valence-electron chi connectivity index (χ3n) is 3.15. The Hall–Kier alpha value is -1.27. The van der Waals surface area contributed by atoms with Gasteiger partial charge in [-0.05, 0) is 31.0 Å². The zero-order chi connectivity index (χ0) is 14.0. The van der Waals surface area contributed by atoms with Gasteiger partial charge in [0.2, 0.25) is 10.0 Å². The summed E-state index contributed by atoms with van der Waals surface area (Å²) in [5.74, 6) is -1.15. The van der Waals surface area contributed by atoms with Gasteiger partial charge in [0.1, 0.15) is 0 Å². The van der Waals surface area contributed by atoms with Crippen molar-refractivity contribution in [2.24, 2.45) is 0 Å². The highest BCUT2D eigenvalue weighted by Gasteiger charge is 2.28. The fraction of sp³-hybridized carbons (Fsp3) is 0.417. The number of hydrogen-bond donors (Lipinski definition) is 2. The Morgan fingerprint density at radius 1 is 1.26 bits per heavy atom. The first-order chi connectivity index (χ1) is 8.88. The highest BCUT2D eigenvalue weighted by molar-refractivity contribution is 7.93. The second-order valence-corrected chi connectivity index (χ2v) is 6.98. The lowest BCUT2D eigenvalue weighted by Crippen LogP contribution is -2.25. The summed E-state index contributed by atoms with van der Waals surface area (Å²) in [6.07, 6.45) is 3.09. The minimum atomic E-state index is -3.47. The molecule has 1 aromatic rings. The molecule has 2 N–H and O–H groups in total. The van der Waals surface area contributed by atoms with E-state index in [1.165, 1.54) is 18.2 Å². The van der Waals surface area contributed by atoms with Crippen LogP contribution < -0.4 is 4.72 Å². The second-order valence-electron chi connectivity index (χ2n) is 4.59. The molecule has 104 valence electrons. The number of sulfonamides is 1. The van der Waals surface area contributed by atoms with Crippen LogP contribution in [0.15, 0.2) is 18.2 Å². The molecule has 1 aromatic carbocycles. The van der Waals surface area contributed by atoms with Crippen molar-refractivity contribution >= 4 is 33.3 Å². The molecule has 7 heteroatoms. The normalized spacial score (nSPS) is 16.5. The molecule has 1 aliphatic carbocycles. The summed E-state index contributed by atoms with van der Waals surface area (Å²) in [4.78, 5) is 10.9. The van der Waals surface area contributed by atoms with E-state index in [2.05, 4.69) is 4.72 Å². The molecule has 0 heterocycles. The molecule has 19 heavy (non-hydrogen) atoms. The highest BCUT2D eigenvalue weighted by atomic mass is 35.5. The Balaban J connectivity index is 2.25. The van der Waals surface area contributed by atoms with Crippen molar-refractivity contribution in [1.82, 2.24) is 0 Å².